The van der Waals surface area contributed by atoms with E-state index in [4.69, 9.17) is 0 Å². The molecule has 1 unspecified atom stereocenters. The van der Waals surface area contributed by atoms with Crippen LogP contribution in [-0.4, -0.2) is 36.5 Å². The molecule has 7 heteroatoms. The first-order valence-electron chi connectivity index (χ1n) is 11.5. The standard InChI is InChI=1S/C26H28N4O2S/c31-25(20-7-6-14-30(18-20)26(32)27-21-8-2-1-3-9-21)28-22-10-4-5-11-23(22)29-15-12-24-19(17-29)13-16-33-24/h1-5,8-11,13,16,20H,6-7,12,14-15,17-18H2,(H,27,32)(H,28,31). The summed E-state index contributed by atoms with van der Waals surface area (Å²) in [5.41, 5.74) is 4.03. The lowest BCUT2D eigenvalue weighted by molar-refractivity contribution is -0.121. The van der Waals surface area contributed by atoms with Gasteiger partial charge in [-0.1, -0.05) is 30.3 Å². The summed E-state index contributed by atoms with van der Waals surface area (Å²) in [4.78, 5) is 31.5. The number of rotatable bonds is 4. The second-order valence-electron chi connectivity index (χ2n) is 8.63. The second kappa shape index (κ2) is 9.67. The summed E-state index contributed by atoms with van der Waals surface area (Å²) in [6, 6.07) is 19.5. The lowest BCUT2D eigenvalue weighted by atomic mass is 9.97. The lowest BCUT2D eigenvalue weighted by Gasteiger charge is -2.33. The minimum absolute atomic E-state index is 0.0205. The predicted molar refractivity (Wildman–Crippen MR) is 134 cm³/mol. The number of hydrogen-bond donors (Lipinski definition) is 2. The third-order valence-electron chi connectivity index (χ3n) is 6.41. The summed E-state index contributed by atoms with van der Waals surface area (Å²) in [5, 5.41) is 8.25. The van der Waals surface area contributed by atoms with Crippen molar-refractivity contribution in [3.05, 3.63) is 76.5 Å². The largest absolute Gasteiger partial charge is 0.365 e. The summed E-state index contributed by atoms with van der Waals surface area (Å²) in [5.74, 6) is -0.244. The molecule has 2 aliphatic rings. The number of benzene rings is 2. The van der Waals surface area contributed by atoms with E-state index in [-0.39, 0.29) is 17.9 Å². The Morgan fingerprint density at radius 1 is 0.939 bits per heavy atom. The smallest absolute Gasteiger partial charge is 0.321 e. The van der Waals surface area contributed by atoms with Gasteiger partial charge in [0.1, 0.15) is 0 Å². The Balaban J connectivity index is 1.24. The zero-order valence-electron chi connectivity index (χ0n) is 18.5. The van der Waals surface area contributed by atoms with Crippen molar-refractivity contribution in [3.63, 3.8) is 0 Å². The van der Waals surface area contributed by atoms with Gasteiger partial charge in [0.05, 0.1) is 17.3 Å². The van der Waals surface area contributed by atoms with E-state index >= 15 is 0 Å². The molecular formula is C26H28N4O2S. The quantitative estimate of drug-likeness (QED) is 0.563. The van der Waals surface area contributed by atoms with Gasteiger partial charge in [-0.05, 0) is 60.5 Å². The Kier molecular flexibility index (Phi) is 6.30. The first-order valence-corrected chi connectivity index (χ1v) is 12.4. The molecule has 1 atom stereocenters. The van der Waals surface area contributed by atoms with Gasteiger partial charge in [0, 0.05) is 36.7 Å². The Morgan fingerprint density at radius 2 is 1.76 bits per heavy atom. The molecule has 6 nitrogen and oxygen atoms in total. The normalized spacial score (nSPS) is 17.9. The average molecular weight is 461 g/mol. The van der Waals surface area contributed by atoms with Crippen molar-refractivity contribution in [1.82, 2.24) is 4.90 Å². The van der Waals surface area contributed by atoms with Crippen molar-refractivity contribution in [2.24, 2.45) is 5.92 Å². The summed E-state index contributed by atoms with van der Waals surface area (Å²) in [6.45, 7) is 2.89. The van der Waals surface area contributed by atoms with Crippen molar-refractivity contribution in [1.29, 1.82) is 0 Å². The Labute approximate surface area is 198 Å². The number of urea groups is 1. The molecule has 0 saturated carbocycles. The first-order chi connectivity index (χ1) is 16.2. The maximum Gasteiger partial charge on any atom is 0.321 e. The first kappa shape index (κ1) is 21.5. The van der Waals surface area contributed by atoms with Crippen LogP contribution in [-0.2, 0) is 17.8 Å². The lowest BCUT2D eigenvalue weighted by Crippen LogP contribution is -2.45. The van der Waals surface area contributed by atoms with Crippen LogP contribution in [0.4, 0.5) is 21.9 Å². The minimum atomic E-state index is -0.224. The topological polar surface area (TPSA) is 64.7 Å². The molecule has 0 radical (unpaired) electrons. The van der Waals surface area contributed by atoms with Gasteiger partial charge in [0.15, 0.2) is 0 Å². The zero-order chi connectivity index (χ0) is 22.6. The highest BCUT2D eigenvalue weighted by Gasteiger charge is 2.29. The van der Waals surface area contributed by atoms with Gasteiger partial charge in [0.2, 0.25) is 5.91 Å². The average Bonchev–Trinajstić information content (AvgIpc) is 3.33. The monoisotopic (exact) mass is 460 g/mol. The molecule has 0 spiro atoms. The molecule has 2 aliphatic heterocycles. The predicted octanol–water partition coefficient (Wildman–Crippen LogP) is 5.19. The maximum atomic E-state index is 13.2. The van der Waals surface area contributed by atoms with Crippen LogP contribution < -0.4 is 15.5 Å². The number of thiophene rings is 1. The van der Waals surface area contributed by atoms with E-state index < -0.39 is 0 Å². The Bertz CT molecular complexity index is 1130. The van der Waals surface area contributed by atoms with E-state index in [1.165, 1.54) is 10.4 Å². The van der Waals surface area contributed by atoms with Gasteiger partial charge in [0.25, 0.3) is 0 Å². The van der Waals surface area contributed by atoms with E-state index in [1.54, 1.807) is 4.90 Å². The van der Waals surface area contributed by atoms with Crippen molar-refractivity contribution in [2.75, 3.05) is 35.2 Å². The summed E-state index contributed by atoms with van der Waals surface area (Å²) < 4.78 is 0. The molecule has 1 saturated heterocycles. The van der Waals surface area contributed by atoms with Gasteiger partial charge in [-0.25, -0.2) is 4.79 Å². The molecule has 0 bridgehead atoms. The van der Waals surface area contributed by atoms with Crippen LogP contribution in [0.5, 0.6) is 0 Å². The van der Waals surface area contributed by atoms with Crippen LogP contribution in [0, 0.1) is 5.92 Å². The van der Waals surface area contributed by atoms with Crippen molar-refractivity contribution in [2.45, 2.75) is 25.8 Å². The van der Waals surface area contributed by atoms with Gasteiger partial charge in [-0.15, -0.1) is 11.3 Å². The van der Waals surface area contributed by atoms with Gasteiger partial charge in [-0.3, -0.25) is 4.79 Å². The fraction of sp³-hybridized carbons (Fsp3) is 0.308. The number of carbonyl (C=O) groups excluding carboxylic acids is 2. The van der Waals surface area contributed by atoms with Crippen LogP contribution in [0.15, 0.2) is 66.0 Å². The van der Waals surface area contributed by atoms with Crippen LogP contribution in [0.2, 0.25) is 0 Å². The van der Waals surface area contributed by atoms with E-state index in [0.717, 1.165) is 49.4 Å². The molecule has 33 heavy (non-hydrogen) atoms. The highest BCUT2D eigenvalue weighted by atomic mass is 32.1. The second-order valence-corrected chi connectivity index (χ2v) is 9.63. The van der Waals surface area contributed by atoms with Crippen molar-refractivity contribution >= 4 is 40.3 Å². The van der Waals surface area contributed by atoms with Crippen molar-refractivity contribution in [3.8, 4) is 0 Å². The number of nitrogens with zero attached hydrogens (tertiary/aromatic N) is 2. The number of anilines is 3. The number of amides is 3. The number of hydrogen-bond acceptors (Lipinski definition) is 4. The molecule has 3 amide bonds. The summed E-state index contributed by atoms with van der Waals surface area (Å²) in [7, 11) is 0. The van der Waals surface area contributed by atoms with Gasteiger partial charge < -0.3 is 20.4 Å². The molecule has 0 aliphatic carbocycles. The SMILES string of the molecule is O=C(Nc1ccccc1N1CCc2sccc2C1)C1CCCN(C(=O)Nc2ccccc2)C1. The fourth-order valence-electron chi connectivity index (χ4n) is 4.64. The number of carbonyl (C=O) groups is 2. The number of para-hydroxylation sites is 3. The molecule has 2 aromatic carbocycles. The van der Waals surface area contributed by atoms with Crippen LogP contribution >= 0.6 is 11.3 Å². The van der Waals surface area contributed by atoms with Gasteiger partial charge >= 0.3 is 6.03 Å². The molecule has 170 valence electrons. The van der Waals surface area contributed by atoms with Crippen LogP contribution in [0.25, 0.3) is 0 Å². The Hall–Kier alpha value is -3.32. The molecule has 5 rings (SSSR count). The van der Waals surface area contributed by atoms with Crippen LogP contribution in [0.1, 0.15) is 23.3 Å². The molecule has 3 aromatic rings. The Morgan fingerprint density at radius 3 is 2.64 bits per heavy atom. The van der Waals surface area contributed by atoms with E-state index in [2.05, 4.69) is 33.0 Å². The number of fused-ring (bicyclic) bond motifs is 1. The van der Waals surface area contributed by atoms with E-state index in [9.17, 15) is 9.59 Å². The third kappa shape index (κ3) is 4.88. The molecule has 1 aromatic heterocycles. The van der Waals surface area contributed by atoms with Crippen LogP contribution in [0.3, 0.4) is 0 Å². The number of piperidine rings is 1. The molecule has 2 N–H and O–H groups in total. The summed E-state index contributed by atoms with van der Waals surface area (Å²) in [6.07, 6.45) is 2.63. The number of nitrogens with one attached hydrogen (secondary N) is 2. The third-order valence-corrected chi connectivity index (χ3v) is 7.44. The fourth-order valence-corrected chi connectivity index (χ4v) is 5.53. The number of likely N-dealkylation sites (tertiary alicyclic amines) is 1. The van der Waals surface area contributed by atoms with E-state index in [1.807, 2.05) is 59.9 Å². The highest BCUT2D eigenvalue weighted by molar-refractivity contribution is 7.10. The highest BCUT2D eigenvalue weighted by Crippen LogP contribution is 2.33. The molecule has 3 heterocycles. The van der Waals surface area contributed by atoms with Crippen molar-refractivity contribution < 1.29 is 9.59 Å². The summed E-state index contributed by atoms with van der Waals surface area (Å²) >= 11 is 1.83. The molecule has 1 fully saturated rings. The molecular weight excluding hydrogens is 432 g/mol. The zero-order valence-corrected chi connectivity index (χ0v) is 19.3. The van der Waals surface area contributed by atoms with Gasteiger partial charge in [-0.2, -0.15) is 0 Å². The maximum absolute atomic E-state index is 13.2. The van der Waals surface area contributed by atoms with E-state index in [0.29, 0.717) is 13.1 Å². The minimum Gasteiger partial charge on any atom is -0.365 e.